The van der Waals surface area contributed by atoms with E-state index in [1.807, 2.05) is 6.92 Å². The minimum absolute atomic E-state index is 0.0455. The summed E-state index contributed by atoms with van der Waals surface area (Å²) in [6.45, 7) is 2.36. The fraction of sp³-hybridized carbons (Fsp3) is 0.379. The molecule has 1 saturated heterocycles. The number of rotatable bonds is 7. The van der Waals surface area contributed by atoms with Crippen molar-refractivity contribution < 1.29 is 31.5 Å². The van der Waals surface area contributed by atoms with Crippen molar-refractivity contribution in [1.82, 2.24) is 15.1 Å². The molecule has 2 aromatic carbocycles. The summed E-state index contributed by atoms with van der Waals surface area (Å²) in [5.41, 5.74) is 2.52. The molecule has 0 spiro atoms. The molecular formula is C29H30ClF5N4O2. The van der Waals surface area contributed by atoms with Crippen molar-refractivity contribution in [1.29, 1.82) is 0 Å². The number of alkyl halides is 4. The number of hydrogen-bond donors (Lipinski definition) is 2. The van der Waals surface area contributed by atoms with E-state index in [4.69, 9.17) is 17.3 Å². The number of nitrogens with two attached hydrogens (primary N) is 1. The zero-order valence-electron chi connectivity index (χ0n) is 22.3. The van der Waals surface area contributed by atoms with Crippen LogP contribution >= 0.6 is 11.6 Å². The Labute approximate surface area is 239 Å². The molecule has 4 rings (SSSR count). The molecule has 0 aromatic heterocycles. The van der Waals surface area contributed by atoms with E-state index >= 15 is 4.39 Å². The summed E-state index contributed by atoms with van der Waals surface area (Å²) in [7, 11) is 0. The van der Waals surface area contributed by atoms with Gasteiger partial charge in [0.05, 0.1) is 21.8 Å². The van der Waals surface area contributed by atoms with Crippen molar-refractivity contribution in [2.45, 2.75) is 37.7 Å². The summed E-state index contributed by atoms with van der Waals surface area (Å²) in [5.74, 6) is -1.99. The average Bonchev–Trinajstić information content (AvgIpc) is 2.95. The monoisotopic (exact) mass is 596 g/mol. The van der Waals surface area contributed by atoms with Crippen LogP contribution in [-0.2, 0) is 11.0 Å². The first-order valence-corrected chi connectivity index (χ1v) is 13.5. The number of allylic oxidation sites excluding steroid dienone is 3. The van der Waals surface area contributed by atoms with Crippen LogP contribution in [0.25, 0.3) is 5.57 Å². The van der Waals surface area contributed by atoms with Gasteiger partial charge in [-0.3, -0.25) is 9.59 Å². The van der Waals surface area contributed by atoms with E-state index in [1.54, 1.807) is 17.0 Å². The van der Waals surface area contributed by atoms with Gasteiger partial charge in [0.15, 0.2) is 0 Å². The number of nitrogens with one attached hydrogen (secondary N) is 1. The highest BCUT2D eigenvalue weighted by Crippen LogP contribution is 2.42. The Hall–Kier alpha value is -3.44. The fourth-order valence-electron chi connectivity index (χ4n) is 5.22. The third-order valence-electron chi connectivity index (χ3n) is 7.37. The predicted octanol–water partition coefficient (Wildman–Crippen LogP) is 5.19. The Morgan fingerprint density at radius 3 is 2.51 bits per heavy atom. The van der Waals surface area contributed by atoms with E-state index in [1.165, 1.54) is 29.2 Å². The van der Waals surface area contributed by atoms with Gasteiger partial charge in [0, 0.05) is 50.7 Å². The Morgan fingerprint density at radius 1 is 1.15 bits per heavy atom. The van der Waals surface area contributed by atoms with Crippen LogP contribution in [0, 0.1) is 5.82 Å². The zero-order chi connectivity index (χ0) is 29.9. The molecule has 1 unspecified atom stereocenters. The molecule has 1 aliphatic carbocycles. The maximum Gasteiger partial charge on any atom is 0.416 e. The zero-order valence-corrected chi connectivity index (χ0v) is 23.0. The Kier molecular flexibility index (Phi) is 9.08. The highest BCUT2D eigenvalue weighted by atomic mass is 35.5. The number of hydrogen-bond acceptors (Lipinski definition) is 4. The maximum absolute atomic E-state index is 16.9. The SMILES string of the molecule is CC[C@@H]1CN(C(=O)c2ccc(C(F)(F)F)cc2Cl)CCN1C1=CC=C(c2ccccc2F)CC1(F)C(=O)NCCN. The number of carbonyl (C=O) groups is 2. The summed E-state index contributed by atoms with van der Waals surface area (Å²) in [6, 6.07) is 8.06. The molecule has 12 heteroatoms. The summed E-state index contributed by atoms with van der Waals surface area (Å²) >= 11 is 6.06. The van der Waals surface area contributed by atoms with E-state index < -0.39 is 47.5 Å². The van der Waals surface area contributed by atoms with Crippen LogP contribution in [0.2, 0.25) is 5.02 Å². The number of carbonyl (C=O) groups excluding carboxylic acids is 2. The van der Waals surface area contributed by atoms with Crippen LogP contribution in [0.4, 0.5) is 22.0 Å². The first-order chi connectivity index (χ1) is 19.4. The lowest BCUT2D eigenvalue weighted by Crippen LogP contribution is -2.59. The summed E-state index contributed by atoms with van der Waals surface area (Å²) < 4.78 is 70.6. The molecule has 0 saturated carbocycles. The highest BCUT2D eigenvalue weighted by Gasteiger charge is 2.49. The molecule has 1 fully saturated rings. The molecule has 0 bridgehead atoms. The molecule has 1 heterocycles. The minimum atomic E-state index is -4.60. The van der Waals surface area contributed by atoms with Crippen LogP contribution in [0.3, 0.4) is 0 Å². The minimum Gasteiger partial charge on any atom is -0.365 e. The molecular weight excluding hydrogens is 567 g/mol. The fourth-order valence-corrected chi connectivity index (χ4v) is 5.48. The summed E-state index contributed by atoms with van der Waals surface area (Å²) in [5, 5.41) is 2.20. The van der Waals surface area contributed by atoms with E-state index in [9.17, 15) is 27.2 Å². The quantitative estimate of drug-likeness (QED) is 0.432. The Balaban J connectivity index is 1.63. The van der Waals surface area contributed by atoms with Crippen LogP contribution in [0.15, 0.2) is 60.3 Å². The third kappa shape index (κ3) is 6.25. The van der Waals surface area contributed by atoms with Gasteiger partial charge in [-0.05, 0) is 42.3 Å². The molecule has 41 heavy (non-hydrogen) atoms. The average molecular weight is 597 g/mol. The molecule has 2 aromatic rings. The highest BCUT2D eigenvalue weighted by molar-refractivity contribution is 6.33. The van der Waals surface area contributed by atoms with Gasteiger partial charge < -0.3 is 20.9 Å². The van der Waals surface area contributed by atoms with Gasteiger partial charge in [-0.15, -0.1) is 0 Å². The van der Waals surface area contributed by atoms with Crippen molar-refractivity contribution in [3.63, 3.8) is 0 Å². The number of nitrogens with zero attached hydrogens (tertiary/aromatic N) is 2. The van der Waals surface area contributed by atoms with Gasteiger partial charge in [-0.2, -0.15) is 13.2 Å². The summed E-state index contributed by atoms with van der Waals surface area (Å²) in [4.78, 5) is 29.6. The molecule has 3 N–H and O–H groups in total. The maximum atomic E-state index is 16.9. The van der Waals surface area contributed by atoms with Gasteiger partial charge in [0.1, 0.15) is 5.82 Å². The second-order valence-corrected chi connectivity index (χ2v) is 10.4. The summed E-state index contributed by atoms with van der Waals surface area (Å²) in [6.07, 6.45) is -1.49. The van der Waals surface area contributed by atoms with Crippen molar-refractivity contribution in [3.8, 4) is 0 Å². The first kappa shape index (κ1) is 30.5. The van der Waals surface area contributed by atoms with Gasteiger partial charge in [-0.1, -0.05) is 42.8 Å². The standard InChI is InChI=1S/C29H30ClF5N4O2/c1-2-20-17-38(26(40)22-9-8-19(15-23(22)30)29(33,34)35)13-14-39(20)25-10-7-18(21-5-3-4-6-24(21)31)16-28(25,32)27(41)37-12-11-36/h3-10,15,20H,2,11-14,16-17,36H2,1H3,(H,37,41)/t20-,28?/m1/s1. The molecule has 2 aliphatic rings. The molecule has 0 radical (unpaired) electrons. The van der Waals surface area contributed by atoms with Gasteiger partial charge >= 0.3 is 6.18 Å². The largest absolute Gasteiger partial charge is 0.416 e. The van der Waals surface area contributed by atoms with Crippen LogP contribution in [0.5, 0.6) is 0 Å². The van der Waals surface area contributed by atoms with Gasteiger partial charge in [-0.25, -0.2) is 8.78 Å². The second-order valence-electron chi connectivity index (χ2n) is 9.95. The van der Waals surface area contributed by atoms with Crippen LogP contribution < -0.4 is 11.1 Å². The Morgan fingerprint density at radius 2 is 1.88 bits per heavy atom. The predicted molar refractivity (Wildman–Crippen MR) is 146 cm³/mol. The van der Waals surface area contributed by atoms with Gasteiger partial charge in [0.25, 0.3) is 11.8 Å². The van der Waals surface area contributed by atoms with Crippen LogP contribution in [-0.4, -0.2) is 66.0 Å². The normalized spacial score (nSPS) is 21.3. The lowest BCUT2D eigenvalue weighted by molar-refractivity contribution is -0.137. The topological polar surface area (TPSA) is 78.7 Å². The van der Waals surface area contributed by atoms with Crippen molar-refractivity contribution >= 4 is 29.0 Å². The van der Waals surface area contributed by atoms with Crippen molar-refractivity contribution in [2.75, 3.05) is 32.7 Å². The number of halogens is 6. The molecule has 1 aliphatic heterocycles. The van der Waals surface area contributed by atoms with Crippen molar-refractivity contribution in [3.05, 3.63) is 87.8 Å². The first-order valence-electron chi connectivity index (χ1n) is 13.2. The number of piperazine rings is 1. The molecule has 2 amide bonds. The second kappa shape index (κ2) is 12.2. The van der Waals surface area contributed by atoms with Crippen LogP contribution in [0.1, 0.15) is 41.3 Å². The Bertz CT molecular complexity index is 1380. The van der Waals surface area contributed by atoms with E-state index in [0.29, 0.717) is 18.1 Å². The molecule has 220 valence electrons. The number of amides is 2. The number of benzene rings is 2. The molecule has 6 nitrogen and oxygen atoms in total. The molecule has 2 atom stereocenters. The van der Waals surface area contributed by atoms with E-state index in [0.717, 1.165) is 12.1 Å². The van der Waals surface area contributed by atoms with Gasteiger partial charge in [0.2, 0.25) is 5.67 Å². The van der Waals surface area contributed by atoms with E-state index in [2.05, 4.69) is 5.32 Å². The van der Waals surface area contributed by atoms with Crippen molar-refractivity contribution in [2.24, 2.45) is 5.73 Å². The third-order valence-corrected chi connectivity index (χ3v) is 7.68. The smallest absolute Gasteiger partial charge is 0.365 e. The van der Waals surface area contributed by atoms with E-state index in [-0.39, 0.29) is 54.6 Å². The lowest BCUT2D eigenvalue weighted by atomic mass is 9.82. The lowest BCUT2D eigenvalue weighted by Gasteiger charge is -2.47.